The van der Waals surface area contributed by atoms with Gasteiger partial charge in [-0.2, -0.15) is 5.10 Å². The summed E-state index contributed by atoms with van der Waals surface area (Å²) in [6.45, 7) is 4.09. The average molecular weight is 232 g/mol. The van der Waals surface area contributed by atoms with Crippen LogP contribution < -0.4 is 5.32 Å². The van der Waals surface area contributed by atoms with E-state index in [0.29, 0.717) is 0 Å². The first-order chi connectivity index (χ1) is 8.27. The van der Waals surface area contributed by atoms with Crippen LogP contribution in [0.3, 0.4) is 0 Å². The standard InChI is InChI=1S/C13H20N4/c1-16(2)15-13(12-6-4-3-5-7-12)17-10-8-14-9-11-17/h3-7,14H,8-11H2,1-2H3. The van der Waals surface area contributed by atoms with E-state index in [-0.39, 0.29) is 0 Å². The fraction of sp³-hybridized carbons (Fsp3) is 0.462. The van der Waals surface area contributed by atoms with Crippen molar-refractivity contribution in [1.82, 2.24) is 15.2 Å². The lowest BCUT2D eigenvalue weighted by molar-refractivity contribution is 0.342. The monoisotopic (exact) mass is 232 g/mol. The first-order valence-electron chi connectivity index (χ1n) is 6.04. The van der Waals surface area contributed by atoms with Crippen LogP contribution in [0.1, 0.15) is 5.56 Å². The van der Waals surface area contributed by atoms with Crippen LogP contribution in [0.15, 0.2) is 35.4 Å². The maximum Gasteiger partial charge on any atom is 0.156 e. The SMILES string of the molecule is CN(C)N=C(c1ccccc1)N1CCNCC1. The minimum atomic E-state index is 1.02. The molecule has 4 heteroatoms. The summed E-state index contributed by atoms with van der Waals surface area (Å²) in [5.41, 5.74) is 1.18. The van der Waals surface area contributed by atoms with Gasteiger partial charge in [0, 0.05) is 45.8 Å². The predicted molar refractivity (Wildman–Crippen MR) is 71.1 cm³/mol. The van der Waals surface area contributed by atoms with Gasteiger partial charge in [0.2, 0.25) is 0 Å². The number of hydrazone groups is 1. The van der Waals surface area contributed by atoms with Crippen molar-refractivity contribution in [2.45, 2.75) is 0 Å². The van der Waals surface area contributed by atoms with Crippen molar-refractivity contribution in [3.05, 3.63) is 35.9 Å². The Hall–Kier alpha value is -1.55. The Labute approximate surface area is 103 Å². The van der Waals surface area contributed by atoms with Gasteiger partial charge in [0.1, 0.15) is 0 Å². The lowest BCUT2D eigenvalue weighted by atomic mass is 10.2. The van der Waals surface area contributed by atoms with Gasteiger partial charge >= 0.3 is 0 Å². The Balaban J connectivity index is 2.25. The number of hydrogen-bond acceptors (Lipinski definition) is 3. The van der Waals surface area contributed by atoms with E-state index in [2.05, 4.69) is 39.6 Å². The molecular weight excluding hydrogens is 212 g/mol. The van der Waals surface area contributed by atoms with Crippen LogP contribution >= 0.6 is 0 Å². The molecule has 4 nitrogen and oxygen atoms in total. The van der Waals surface area contributed by atoms with Gasteiger partial charge in [0.15, 0.2) is 5.84 Å². The summed E-state index contributed by atoms with van der Waals surface area (Å²) < 4.78 is 0. The second-order valence-corrected chi connectivity index (χ2v) is 4.37. The topological polar surface area (TPSA) is 30.9 Å². The largest absolute Gasteiger partial charge is 0.352 e. The van der Waals surface area contributed by atoms with E-state index >= 15 is 0 Å². The van der Waals surface area contributed by atoms with Crippen molar-refractivity contribution in [2.75, 3.05) is 40.3 Å². The molecule has 92 valence electrons. The van der Waals surface area contributed by atoms with Crippen LogP contribution in [0.4, 0.5) is 0 Å². The zero-order valence-electron chi connectivity index (χ0n) is 10.6. The van der Waals surface area contributed by atoms with Gasteiger partial charge in [0.25, 0.3) is 0 Å². The summed E-state index contributed by atoms with van der Waals surface area (Å²) in [4.78, 5) is 2.34. The summed E-state index contributed by atoms with van der Waals surface area (Å²) in [6.07, 6.45) is 0. The number of piperazine rings is 1. The molecular formula is C13H20N4. The highest BCUT2D eigenvalue weighted by atomic mass is 15.5. The molecule has 0 bridgehead atoms. The fourth-order valence-electron chi connectivity index (χ4n) is 1.96. The van der Waals surface area contributed by atoms with Crippen LogP contribution in [0.25, 0.3) is 0 Å². The minimum Gasteiger partial charge on any atom is -0.352 e. The maximum atomic E-state index is 4.62. The number of nitrogens with zero attached hydrogens (tertiary/aromatic N) is 3. The van der Waals surface area contributed by atoms with Crippen molar-refractivity contribution >= 4 is 5.84 Å². The van der Waals surface area contributed by atoms with Crippen LogP contribution in [0, 0.1) is 0 Å². The lowest BCUT2D eigenvalue weighted by Crippen LogP contribution is -2.47. The zero-order valence-corrected chi connectivity index (χ0v) is 10.6. The molecule has 0 spiro atoms. The smallest absolute Gasteiger partial charge is 0.156 e. The van der Waals surface area contributed by atoms with Crippen molar-refractivity contribution in [1.29, 1.82) is 0 Å². The Morgan fingerprint density at radius 1 is 1.18 bits per heavy atom. The van der Waals surface area contributed by atoms with Crippen LogP contribution in [0.5, 0.6) is 0 Å². The highest BCUT2D eigenvalue weighted by molar-refractivity contribution is 5.98. The molecule has 1 aromatic rings. The molecule has 0 radical (unpaired) electrons. The number of rotatable bonds is 2. The van der Waals surface area contributed by atoms with E-state index in [4.69, 9.17) is 0 Å². The van der Waals surface area contributed by atoms with E-state index in [0.717, 1.165) is 32.0 Å². The van der Waals surface area contributed by atoms with Gasteiger partial charge in [-0.05, 0) is 0 Å². The Morgan fingerprint density at radius 3 is 2.41 bits per heavy atom. The van der Waals surface area contributed by atoms with E-state index in [1.807, 2.05) is 25.2 Å². The van der Waals surface area contributed by atoms with Gasteiger partial charge < -0.3 is 15.2 Å². The maximum absolute atomic E-state index is 4.62. The molecule has 1 aromatic carbocycles. The summed E-state index contributed by atoms with van der Waals surface area (Å²) in [5, 5.41) is 9.85. The van der Waals surface area contributed by atoms with Crippen LogP contribution in [-0.4, -0.2) is 56.0 Å². The molecule has 2 rings (SSSR count). The Bertz CT molecular complexity index is 366. The molecule has 17 heavy (non-hydrogen) atoms. The summed E-state index contributed by atoms with van der Waals surface area (Å²) >= 11 is 0. The molecule has 1 fully saturated rings. The zero-order chi connectivity index (χ0) is 12.1. The molecule has 1 heterocycles. The van der Waals surface area contributed by atoms with Gasteiger partial charge in [0.05, 0.1) is 0 Å². The summed E-state index contributed by atoms with van der Waals surface area (Å²) in [7, 11) is 3.93. The van der Waals surface area contributed by atoms with E-state index in [1.165, 1.54) is 5.56 Å². The van der Waals surface area contributed by atoms with E-state index < -0.39 is 0 Å². The van der Waals surface area contributed by atoms with Gasteiger partial charge in [-0.3, -0.25) is 0 Å². The molecule has 1 aliphatic heterocycles. The van der Waals surface area contributed by atoms with Crippen molar-refractivity contribution in [3.63, 3.8) is 0 Å². The predicted octanol–water partition coefficient (Wildman–Crippen LogP) is 0.815. The first kappa shape index (κ1) is 11.9. The number of amidine groups is 1. The van der Waals surface area contributed by atoms with Crippen molar-refractivity contribution in [3.8, 4) is 0 Å². The average Bonchev–Trinajstić information content (AvgIpc) is 2.38. The van der Waals surface area contributed by atoms with Gasteiger partial charge in [-0.25, -0.2) is 0 Å². The van der Waals surface area contributed by atoms with Crippen LogP contribution in [-0.2, 0) is 0 Å². The normalized spacial score (nSPS) is 17.1. The van der Waals surface area contributed by atoms with Gasteiger partial charge in [-0.1, -0.05) is 30.3 Å². The third-order valence-electron chi connectivity index (χ3n) is 2.74. The Morgan fingerprint density at radius 2 is 1.82 bits per heavy atom. The second kappa shape index (κ2) is 5.68. The van der Waals surface area contributed by atoms with Gasteiger partial charge in [-0.15, -0.1) is 0 Å². The molecule has 0 unspecified atom stereocenters. The molecule has 0 saturated carbocycles. The molecule has 1 aliphatic rings. The summed E-state index contributed by atoms with van der Waals surface area (Å²) in [6, 6.07) is 10.4. The number of hydrogen-bond donors (Lipinski definition) is 1. The molecule has 0 atom stereocenters. The Kier molecular flexibility index (Phi) is 3.98. The molecule has 1 N–H and O–H groups in total. The first-order valence-corrected chi connectivity index (χ1v) is 6.04. The van der Waals surface area contributed by atoms with Crippen molar-refractivity contribution < 1.29 is 0 Å². The third-order valence-corrected chi connectivity index (χ3v) is 2.74. The number of nitrogens with one attached hydrogen (secondary N) is 1. The molecule has 1 saturated heterocycles. The molecule has 0 aliphatic carbocycles. The van der Waals surface area contributed by atoms with E-state index in [9.17, 15) is 0 Å². The minimum absolute atomic E-state index is 1.02. The lowest BCUT2D eigenvalue weighted by Gasteiger charge is -2.31. The number of benzene rings is 1. The van der Waals surface area contributed by atoms with Crippen molar-refractivity contribution in [2.24, 2.45) is 5.10 Å². The van der Waals surface area contributed by atoms with E-state index in [1.54, 1.807) is 0 Å². The quantitative estimate of drug-likeness (QED) is 0.465. The van der Waals surface area contributed by atoms with Crippen LogP contribution in [0.2, 0.25) is 0 Å². The highest BCUT2D eigenvalue weighted by Crippen LogP contribution is 2.07. The second-order valence-electron chi connectivity index (χ2n) is 4.37. The molecule has 0 aromatic heterocycles. The fourth-order valence-corrected chi connectivity index (χ4v) is 1.96. The third kappa shape index (κ3) is 3.20. The highest BCUT2D eigenvalue weighted by Gasteiger charge is 2.16. The molecule has 0 amide bonds. The summed E-state index contributed by atoms with van der Waals surface area (Å²) in [5.74, 6) is 1.07.